The van der Waals surface area contributed by atoms with Crippen molar-refractivity contribution in [3.8, 4) is 0 Å². The maximum Gasteiger partial charge on any atom is 0.189 e. The molecule has 0 saturated heterocycles. The van der Waals surface area contributed by atoms with Crippen LogP contribution in [0.25, 0.3) is 0 Å². The molecule has 4 nitrogen and oxygen atoms in total. The van der Waals surface area contributed by atoms with Crippen LogP contribution in [0.3, 0.4) is 0 Å². The molecule has 114 valence electrons. The van der Waals surface area contributed by atoms with Crippen LogP contribution in [-0.2, 0) is 0 Å². The summed E-state index contributed by atoms with van der Waals surface area (Å²) in [5.41, 5.74) is 9.90. The third kappa shape index (κ3) is 4.98. The van der Waals surface area contributed by atoms with E-state index in [1.165, 1.54) is 5.56 Å². The highest BCUT2D eigenvalue weighted by Gasteiger charge is 2.01. The zero-order chi connectivity index (χ0) is 15.9. The Bertz CT molecular complexity index is 668. The summed E-state index contributed by atoms with van der Waals surface area (Å²) in [5.74, 6) is 0. The van der Waals surface area contributed by atoms with Gasteiger partial charge in [-0.05, 0) is 62.0 Å². The first-order valence-corrected chi connectivity index (χ1v) is 7.62. The Morgan fingerprint density at radius 2 is 1.36 bits per heavy atom. The monoisotopic (exact) mass is 330 g/mol. The van der Waals surface area contributed by atoms with E-state index in [4.69, 9.17) is 24.4 Å². The molecule has 2 aromatic rings. The number of hydrogen-bond acceptors (Lipinski definition) is 2. The van der Waals surface area contributed by atoms with Crippen molar-refractivity contribution in [1.82, 2.24) is 10.9 Å². The molecule has 0 aliphatic rings. The molecule has 0 heterocycles. The highest BCUT2D eigenvalue weighted by molar-refractivity contribution is 7.81. The summed E-state index contributed by atoms with van der Waals surface area (Å²) in [6.07, 6.45) is 0. The molecule has 2 aromatic carbocycles. The first-order valence-electron chi connectivity index (χ1n) is 6.81. The fraction of sp³-hybridized carbons (Fsp3) is 0.125. The van der Waals surface area contributed by atoms with Crippen LogP contribution in [0.1, 0.15) is 11.1 Å². The van der Waals surface area contributed by atoms with Crippen molar-refractivity contribution in [2.24, 2.45) is 0 Å². The Labute approximate surface area is 141 Å². The summed E-state index contributed by atoms with van der Waals surface area (Å²) in [6, 6.07) is 15.9. The average molecular weight is 330 g/mol. The standard InChI is InChI=1S/C16H18N4S2/c1-11-7-9-13(10-8-11)17-15(21)19-20-16(22)18-14-6-4-3-5-12(14)2/h3-10H,1-2H3,(H2,17,19,21)(H2,18,20,22). The van der Waals surface area contributed by atoms with Crippen molar-refractivity contribution in [3.63, 3.8) is 0 Å². The summed E-state index contributed by atoms with van der Waals surface area (Å²) in [4.78, 5) is 0. The van der Waals surface area contributed by atoms with Crippen LogP contribution in [0, 0.1) is 13.8 Å². The van der Waals surface area contributed by atoms with E-state index < -0.39 is 0 Å². The molecule has 0 amide bonds. The van der Waals surface area contributed by atoms with E-state index in [9.17, 15) is 0 Å². The molecule has 0 bridgehead atoms. The minimum absolute atomic E-state index is 0.442. The van der Waals surface area contributed by atoms with Gasteiger partial charge < -0.3 is 10.6 Å². The van der Waals surface area contributed by atoms with Gasteiger partial charge in [0, 0.05) is 11.4 Å². The number of rotatable bonds is 2. The molecule has 0 radical (unpaired) electrons. The minimum atomic E-state index is 0.442. The molecule has 0 spiro atoms. The van der Waals surface area contributed by atoms with E-state index >= 15 is 0 Å². The number of hydrogen-bond donors (Lipinski definition) is 4. The van der Waals surface area contributed by atoms with Crippen molar-refractivity contribution in [2.45, 2.75) is 13.8 Å². The molecule has 22 heavy (non-hydrogen) atoms. The van der Waals surface area contributed by atoms with Crippen molar-refractivity contribution >= 4 is 46.0 Å². The second kappa shape index (κ2) is 7.72. The van der Waals surface area contributed by atoms with Gasteiger partial charge in [0.05, 0.1) is 0 Å². The highest BCUT2D eigenvalue weighted by atomic mass is 32.1. The first kappa shape index (κ1) is 16.2. The van der Waals surface area contributed by atoms with Gasteiger partial charge in [0.2, 0.25) is 0 Å². The zero-order valence-electron chi connectivity index (χ0n) is 12.4. The van der Waals surface area contributed by atoms with Gasteiger partial charge in [0.15, 0.2) is 10.2 Å². The molecular formula is C16H18N4S2. The Balaban J connectivity index is 1.79. The van der Waals surface area contributed by atoms with Crippen LogP contribution in [-0.4, -0.2) is 10.2 Å². The number of benzene rings is 2. The summed E-state index contributed by atoms with van der Waals surface area (Å²) in [7, 11) is 0. The van der Waals surface area contributed by atoms with Gasteiger partial charge >= 0.3 is 0 Å². The topological polar surface area (TPSA) is 48.1 Å². The zero-order valence-corrected chi connectivity index (χ0v) is 14.1. The van der Waals surface area contributed by atoms with Crippen molar-refractivity contribution in [1.29, 1.82) is 0 Å². The third-order valence-electron chi connectivity index (χ3n) is 2.99. The third-order valence-corrected chi connectivity index (χ3v) is 3.40. The number of thiocarbonyl (C=S) groups is 2. The first-order chi connectivity index (χ1) is 10.5. The SMILES string of the molecule is Cc1ccc(NC(=S)NNC(=S)Nc2ccccc2C)cc1. The molecule has 6 heteroatoms. The van der Waals surface area contributed by atoms with Gasteiger partial charge in [-0.3, -0.25) is 10.9 Å². The number of aryl methyl sites for hydroxylation is 2. The minimum Gasteiger partial charge on any atom is -0.331 e. The Kier molecular flexibility index (Phi) is 5.68. The summed E-state index contributed by atoms with van der Waals surface area (Å²) in [6.45, 7) is 4.06. The maximum atomic E-state index is 5.22. The van der Waals surface area contributed by atoms with Crippen LogP contribution in [0.15, 0.2) is 48.5 Å². The lowest BCUT2D eigenvalue weighted by atomic mass is 10.2. The van der Waals surface area contributed by atoms with Crippen LogP contribution in [0.4, 0.5) is 11.4 Å². The normalized spacial score (nSPS) is 9.73. The molecule has 0 saturated carbocycles. The predicted octanol–water partition coefficient (Wildman–Crippen LogP) is 3.49. The fourth-order valence-electron chi connectivity index (χ4n) is 1.78. The molecule has 0 atom stereocenters. The van der Waals surface area contributed by atoms with E-state index in [1.807, 2.05) is 62.4 Å². The number of nitrogens with one attached hydrogen (secondary N) is 4. The second-order valence-electron chi connectivity index (χ2n) is 4.84. The maximum absolute atomic E-state index is 5.22. The lowest BCUT2D eigenvalue weighted by Crippen LogP contribution is -2.45. The second-order valence-corrected chi connectivity index (χ2v) is 5.66. The average Bonchev–Trinajstić information content (AvgIpc) is 2.50. The Hall–Kier alpha value is -2.18. The van der Waals surface area contributed by atoms with Crippen LogP contribution < -0.4 is 21.5 Å². The lowest BCUT2D eigenvalue weighted by molar-refractivity contribution is 0.885. The molecule has 0 fully saturated rings. The van der Waals surface area contributed by atoms with Gasteiger partial charge in [-0.25, -0.2) is 0 Å². The van der Waals surface area contributed by atoms with E-state index in [2.05, 4.69) is 21.5 Å². The van der Waals surface area contributed by atoms with Gasteiger partial charge in [-0.1, -0.05) is 35.9 Å². The van der Waals surface area contributed by atoms with Gasteiger partial charge in [-0.2, -0.15) is 0 Å². The van der Waals surface area contributed by atoms with E-state index in [0.717, 1.165) is 16.9 Å². The van der Waals surface area contributed by atoms with Crippen molar-refractivity contribution in [2.75, 3.05) is 10.6 Å². The molecule has 2 rings (SSSR count). The Morgan fingerprint density at radius 3 is 2.00 bits per heavy atom. The molecule has 0 aromatic heterocycles. The lowest BCUT2D eigenvalue weighted by Gasteiger charge is -2.15. The van der Waals surface area contributed by atoms with Crippen LogP contribution in [0.2, 0.25) is 0 Å². The summed E-state index contributed by atoms with van der Waals surface area (Å²) >= 11 is 10.4. The number of anilines is 2. The van der Waals surface area contributed by atoms with Crippen LogP contribution >= 0.6 is 24.4 Å². The van der Waals surface area contributed by atoms with Gasteiger partial charge in [-0.15, -0.1) is 0 Å². The van der Waals surface area contributed by atoms with E-state index in [1.54, 1.807) is 0 Å². The van der Waals surface area contributed by atoms with Crippen molar-refractivity contribution < 1.29 is 0 Å². The van der Waals surface area contributed by atoms with E-state index in [-0.39, 0.29) is 0 Å². The van der Waals surface area contributed by atoms with Crippen molar-refractivity contribution in [3.05, 3.63) is 59.7 Å². The summed E-state index contributed by atoms with van der Waals surface area (Å²) < 4.78 is 0. The van der Waals surface area contributed by atoms with Crippen LogP contribution in [0.5, 0.6) is 0 Å². The largest absolute Gasteiger partial charge is 0.331 e. The van der Waals surface area contributed by atoms with Gasteiger partial charge in [0.1, 0.15) is 0 Å². The Morgan fingerprint density at radius 1 is 0.773 bits per heavy atom. The smallest absolute Gasteiger partial charge is 0.189 e. The van der Waals surface area contributed by atoms with Gasteiger partial charge in [0.25, 0.3) is 0 Å². The molecular weight excluding hydrogens is 312 g/mol. The number of para-hydroxylation sites is 1. The number of hydrazine groups is 1. The molecule has 0 unspecified atom stereocenters. The molecule has 4 N–H and O–H groups in total. The fourth-order valence-corrected chi connectivity index (χ4v) is 2.11. The quantitative estimate of drug-likeness (QED) is 0.499. The molecule has 0 aliphatic heterocycles. The summed E-state index contributed by atoms with van der Waals surface area (Å²) in [5, 5.41) is 7.07. The van der Waals surface area contributed by atoms with E-state index in [0.29, 0.717) is 10.2 Å². The predicted molar refractivity (Wildman–Crippen MR) is 101 cm³/mol. The molecule has 0 aliphatic carbocycles. The highest BCUT2D eigenvalue weighted by Crippen LogP contribution is 2.12.